The summed E-state index contributed by atoms with van der Waals surface area (Å²) in [6, 6.07) is 18.0. The number of alkyl halides is 6. The van der Waals surface area contributed by atoms with E-state index in [9.17, 15) is 40.7 Å². The lowest BCUT2D eigenvalue weighted by Crippen LogP contribution is -2.39. The average molecular weight is 650 g/mol. The van der Waals surface area contributed by atoms with Gasteiger partial charge in [-0.15, -0.1) is 0 Å². The highest BCUT2D eigenvalue weighted by atomic mass is 35.5. The van der Waals surface area contributed by atoms with E-state index in [1.807, 2.05) is 42.5 Å². The van der Waals surface area contributed by atoms with Gasteiger partial charge in [0.25, 0.3) is 0 Å². The SMILES string of the molecule is O=C(C(=O)C(F)(F)F)C(F)(F)F.O=C(CCc1ccncc1)c1cc2cc(c1)Nc1nc(ncc1Cl)Nc1cccc(c1)CC2. The summed E-state index contributed by atoms with van der Waals surface area (Å²) >= 11 is 6.37. The van der Waals surface area contributed by atoms with Crippen LogP contribution in [0.1, 0.15) is 33.5 Å². The normalized spacial score (nSPS) is 12.5. The molecule has 0 aliphatic carbocycles. The fourth-order valence-corrected chi connectivity index (χ4v) is 4.29. The number of anilines is 4. The van der Waals surface area contributed by atoms with E-state index in [4.69, 9.17) is 11.6 Å². The van der Waals surface area contributed by atoms with E-state index >= 15 is 0 Å². The smallest absolute Gasteiger partial charge is 0.339 e. The lowest BCUT2D eigenvalue weighted by atomic mass is 9.97. The first-order chi connectivity index (χ1) is 21.2. The molecule has 0 radical (unpaired) electrons. The number of benzene rings is 2. The molecule has 4 aromatic rings. The molecule has 2 N–H and O–H groups in total. The van der Waals surface area contributed by atoms with Crippen LogP contribution in [0.4, 0.5) is 49.5 Å². The van der Waals surface area contributed by atoms with Crippen molar-refractivity contribution in [3.05, 3.63) is 100 Å². The molecule has 0 unspecified atom stereocenters. The van der Waals surface area contributed by atoms with E-state index in [1.165, 1.54) is 5.56 Å². The van der Waals surface area contributed by atoms with E-state index in [0.29, 0.717) is 35.2 Å². The quantitative estimate of drug-likeness (QED) is 0.133. The Labute approximate surface area is 256 Å². The molecule has 2 aromatic heterocycles. The Morgan fingerprint density at radius 3 is 2.11 bits per heavy atom. The van der Waals surface area contributed by atoms with Gasteiger partial charge in [0, 0.05) is 35.8 Å². The molecule has 0 amide bonds. The van der Waals surface area contributed by atoms with Gasteiger partial charge in [-0.3, -0.25) is 19.4 Å². The summed E-state index contributed by atoms with van der Waals surface area (Å²) in [6.07, 6.45) is -3.72. The number of aryl methyl sites for hydroxylation is 3. The molecule has 2 aromatic carbocycles. The first kappa shape index (κ1) is 33.1. The number of hydrogen-bond donors (Lipinski definition) is 2. The molecule has 0 spiro atoms. The Balaban J connectivity index is 0.000000328. The minimum absolute atomic E-state index is 0.0965. The number of aromatic nitrogens is 3. The summed E-state index contributed by atoms with van der Waals surface area (Å²) in [4.78, 5) is 45.2. The molecule has 8 nitrogen and oxygen atoms in total. The van der Waals surface area contributed by atoms with Crippen molar-refractivity contribution in [1.29, 1.82) is 0 Å². The van der Waals surface area contributed by atoms with Crippen LogP contribution in [0.3, 0.4) is 0 Å². The Hall–Kier alpha value is -4.85. The Bertz CT molecular complexity index is 1690. The molecule has 5 rings (SSSR count). The molecule has 0 atom stereocenters. The van der Waals surface area contributed by atoms with Crippen molar-refractivity contribution in [2.75, 3.05) is 10.6 Å². The van der Waals surface area contributed by atoms with Crippen LogP contribution in [0, 0.1) is 0 Å². The van der Waals surface area contributed by atoms with Gasteiger partial charge in [0.15, 0.2) is 11.6 Å². The van der Waals surface area contributed by atoms with Crippen LogP contribution in [0.15, 0.2) is 73.2 Å². The highest BCUT2D eigenvalue weighted by Gasteiger charge is 2.54. The summed E-state index contributed by atoms with van der Waals surface area (Å²) in [7, 11) is 0. The predicted octanol–water partition coefficient (Wildman–Crippen LogP) is 7.18. The molecule has 0 fully saturated rings. The van der Waals surface area contributed by atoms with Crippen molar-refractivity contribution < 1.29 is 40.7 Å². The highest BCUT2D eigenvalue weighted by Crippen LogP contribution is 2.28. The Morgan fingerprint density at radius 2 is 1.44 bits per heavy atom. The number of ketones is 3. The van der Waals surface area contributed by atoms with Crippen molar-refractivity contribution in [3.8, 4) is 0 Å². The fourth-order valence-electron chi connectivity index (χ4n) is 4.15. The topological polar surface area (TPSA) is 114 Å². The van der Waals surface area contributed by atoms with Gasteiger partial charge in [-0.2, -0.15) is 31.3 Å². The number of nitrogens with one attached hydrogen (secondary N) is 2. The van der Waals surface area contributed by atoms with Crippen LogP contribution in [0.25, 0.3) is 0 Å². The third kappa shape index (κ3) is 9.32. The second kappa shape index (κ2) is 13.8. The minimum atomic E-state index is -5.77. The number of carbonyl (C=O) groups excluding carboxylic acids is 3. The number of carbonyl (C=O) groups is 3. The molecule has 234 valence electrons. The maximum atomic E-state index is 13.1. The van der Waals surface area contributed by atoms with Gasteiger partial charge >= 0.3 is 23.9 Å². The lowest BCUT2D eigenvalue weighted by molar-refractivity contribution is -0.193. The van der Waals surface area contributed by atoms with Crippen molar-refractivity contribution in [2.24, 2.45) is 0 Å². The number of halogens is 7. The molecule has 0 saturated heterocycles. The molecular formula is C30H22ClF6N5O3. The van der Waals surface area contributed by atoms with Crippen LogP contribution < -0.4 is 10.6 Å². The van der Waals surface area contributed by atoms with Crippen molar-refractivity contribution >= 4 is 52.1 Å². The van der Waals surface area contributed by atoms with Crippen LogP contribution in [0.2, 0.25) is 5.02 Å². The number of rotatable bonds is 5. The van der Waals surface area contributed by atoms with Gasteiger partial charge in [0.05, 0.1) is 6.20 Å². The second-order valence-corrected chi connectivity index (χ2v) is 10.1. The molecule has 3 heterocycles. The van der Waals surface area contributed by atoms with Crippen molar-refractivity contribution in [2.45, 2.75) is 38.0 Å². The van der Waals surface area contributed by atoms with Gasteiger partial charge in [-0.1, -0.05) is 23.7 Å². The van der Waals surface area contributed by atoms with E-state index in [-0.39, 0.29) is 5.78 Å². The summed E-state index contributed by atoms with van der Waals surface area (Å²) in [5.74, 6) is -5.79. The van der Waals surface area contributed by atoms with Crippen LogP contribution >= 0.6 is 11.6 Å². The number of nitrogens with zero attached hydrogens (tertiary/aromatic N) is 3. The minimum Gasteiger partial charge on any atom is -0.339 e. The van der Waals surface area contributed by atoms with E-state index in [2.05, 4.69) is 37.7 Å². The monoisotopic (exact) mass is 649 g/mol. The number of pyridine rings is 1. The first-order valence-corrected chi connectivity index (χ1v) is 13.5. The Kier molecular flexibility index (Phi) is 10.2. The van der Waals surface area contributed by atoms with Crippen LogP contribution in [-0.2, 0) is 28.9 Å². The van der Waals surface area contributed by atoms with Crippen molar-refractivity contribution in [3.63, 3.8) is 0 Å². The number of fused-ring (bicyclic) bond motifs is 6. The molecule has 45 heavy (non-hydrogen) atoms. The summed E-state index contributed by atoms with van der Waals surface area (Å²) in [5.41, 5.74) is 5.73. The molecule has 6 bridgehead atoms. The summed E-state index contributed by atoms with van der Waals surface area (Å²) < 4.78 is 67.0. The van der Waals surface area contributed by atoms with Crippen LogP contribution in [-0.4, -0.2) is 44.7 Å². The third-order valence-electron chi connectivity index (χ3n) is 6.32. The molecule has 0 saturated carbocycles. The van der Waals surface area contributed by atoms with Gasteiger partial charge in [0.1, 0.15) is 5.02 Å². The predicted molar refractivity (Wildman–Crippen MR) is 153 cm³/mol. The number of Topliss-reactive ketones (excluding diaryl/α,β-unsaturated/α-hetero) is 3. The van der Waals surface area contributed by atoms with Gasteiger partial charge in [-0.05, 0) is 78.4 Å². The lowest BCUT2D eigenvalue weighted by Gasteiger charge is -2.12. The maximum absolute atomic E-state index is 13.1. The standard InChI is InChI=1S/C26H22ClN5O.C4F6O2/c27-23-16-29-26-31-21-3-1-2-18(13-21)4-5-19-12-20(15-22(14-19)30-25(23)32-26)24(33)7-6-17-8-10-28-11-9-17;5-3(6,7)1(11)2(12)4(8,9)10/h1-3,8-16H,4-7H2,(H2,29,30,31,32);. The van der Waals surface area contributed by atoms with E-state index < -0.39 is 23.9 Å². The van der Waals surface area contributed by atoms with Crippen LogP contribution in [0.5, 0.6) is 0 Å². The molecule has 1 aliphatic heterocycles. The zero-order valence-electron chi connectivity index (χ0n) is 23.0. The molecule has 15 heteroatoms. The fraction of sp³-hybridized carbons (Fsp3) is 0.200. The summed E-state index contributed by atoms with van der Waals surface area (Å²) in [5, 5.41) is 6.93. The largest absolute Gasteiger partial charge is 0.458 e. The van der Waals surface area contributed by atoms with Gasteiger partial charge in [-0.25, -0.2) is 4.98 Å². The zero-order chi connectivity index (χ0) is 32.8. The zero-order valence-corrected chi connectivity index (χ0v) is 23.7. The van der Waals surface area contributed by atoms with Crippen molar-refractivity contribution in [1.82, 2.24) is 15.0 Å². The van der Waals surface area contributed by atoms with Gasteiger partial charge < -0.3 is 10.6 Å². The average Bonchev–Trinajstić information content (AvgIpc) is 3.00. The van der Waals surface area contributed by atoms with E-state index in [0.717, 1.165) is 35.3 Å². The second-order valence-electron chi connectivity index (χ2n) is 9.69. The van der Waals surface area contributed by atoms with Gasteiger partial charge in [0.2, 0.25) is 5.95 Å². The molecular weight excluding hydrogens is 628 g/mol. The Morgan fingerprint density at radius 1 is 0.800 bits per heavy atom. The summed E-state index contributed by atoms with van der Waals surface area (Å²) in [6.45, 7) is 0. The maximum Gasteiger partial charge on any atom is 0.458 e. The highest BCUT2D eigenvalue weighted by molar-refractivity contribution is 6.41. The first-order valence-electron chi connectivity index (χ1n) is 13.1. The van der Waals surface area contributed by atoms with E-state index in [1.54, 1.807) is 18.6 Å². The third-order valence-corrected chi connectivity index (χ3v) is 6.59. The molecule has 1 aliphatic rings. The number of hydrogen-bond acceptors (Lipinski definition) is 8.